The highest BCUT2D eigenvalue weighted by Gasteiger charge is 2.29. The third-order valence-corrected chi connectivity index (χ3v) is 5.99. The largest absolute Gasteiger partial charge is 0.374 e. The Labute approximate surface area is 197 Å². The standard InChI is InChI=1S/C22H32N6O.2ClH/c1-16(2)15-26(3)19-6-4-18(5-7-19)22(29)27-11-8-17(9-12-27)21-25-24-20-14-23-10-13-28(20)21;;/h4-7,16-17,23H,8-15H2,1-3H3;2*1H. The van der Waals surface area contributed by atoms with Crippen molar-refractivity contribution < 1.29 is 4.79 Å². The number of carbonyl (C=O) groups excluding carboxylic acids is 1. The third-order valence-electron chi connectivity index (χ3n) is 5.99. The van der Waals surface area contributed by atoms with E-state index in [1.807, 2.05) is 17.0 Å². The number of fused-ring (bicyclic) bond motifs is 1. The van der Waals surface area contributed by atoms with Crippen molar-refractivity contribution in [3.63, 3.8) is 0 Å². The Morgan fingerprint density at radius 3 is 2.45 bits per heavy atom. The Morgan fingerprint density at radius 1 is 1.13 bits per heavy atom. The first-order chi connectivity index (χ1) is 14.0. The summed E-state index contributed by atoms with van der Waals surface area (Å²) in [5, 5.41) is 12.1. The van der Waals surface area contributed by atoms with Gasteiger partial charge in [0.2, 0.25) is 0 Å². The van der Waals surface area contributed by atoms with E-state index in [1.54, 1.807) is 0 Å². The zero-order chi connectivity index (χ0) is 20.4. The molecule has 2 aromatic rings. The molecule has 2 aliphatic rings. The maximum Gasteiger partial charge on any atom is 0.253 e. The van der Waals surface area contributed by atoms with E-state index in [9.17, 15) is 4.79 Å². The summed E-state index contributed by atoms with van der Waals surface area (Å²) in [6.07, 6.45) is 1.90. The second-order valence-electron chi connectivity index (χ2n) is 8.69. The lowest BCUT2D eigenvalue weighted by Crippen LogP contribution is -2.39. The molecule has 1 fully saturated rings. The van der Waals surface area contributed by atoms with Crippen LogP contribution in [0.3, 0.4) is 0 Å². The first-order valence-corrected chi connectivity index (χ1v) is 10.8. The molecule has 2 aliphatic heterocycles. The van der Waals surface area contributed by atoms with E-state index < -0.39 is 0 Å². The lowest BCUT2D eigenvalue weighted by atomic mass is 9.95. The second kappa shape index (κ2) is 11.2. The molecule has 31 heavy (non-hydrogen) atoms. The molecule has 1 aromatic carbocycles. The SMILES string of the molecule is CC(C)CN(C)c1ccc(C(=O)N2CCC(c3nnc4n3CCNC4)CC2)cc1.Cl.Cl. The van der Waals surface area contributed by atoms with Crippen LogP contribution < -0.4 is 10.2 Å². The molecule has 1 N–H and O–H groups in total. The van der Waals surface area contributed by atoms with E-state index in [0.717, 1.165) is 75.0 Å². The fraction of sp³-hybridized carbons (Fsp3) is 0.591. The Kier molecular flexibility index (Phi) is 9.15. The number of likely N-dealkylation sites (tertiary alicyclic amines) is 1. The van der Waals surface area contributed by atoms with Crippen LogP contribution in [0.4, 0.5) is 5.69 Å². The van der Waals surface area contributed by atoms with Gasteiger partial charge >= 0.3 is 0 Å². The highest BCUT2D eigenvalue weighted by atomic mass is 35.5. The molecule has 1 saturated heterocycles. The molecule has 0 radical (unpaired) electrons. The minimum Gasteiger partial charge on any atom is -0.374 e. The molecule has 4 rings (SSSR count). The minimum absolute atomic E-state index is 0. The van der Waals surface area contributed by atoms with Crippen molar-refractivity contribution in [3.05, 3.63) is 41.5 Å². The summed E-state index contributed by atoms with van der Waals surface area (Å²) in [5.74, 6) is 3.27. The first-order valence-electron chi connectivity index (χ1n) is 10.8. The van der Waals surface area contributed by atoms with Gasteiger partial charge in [-0.3, -0.25) is 4.79 Å². The van der Waals surface area contributed by atoms with Gasteiger partial charge < -0.3 is 19.7 Å². The highest BCUT2D eigenvalue weighted by Crippen LogP contribution is 2.28. The van der Waals surface area contributed by atoms with Crippen LogP contribution in [0.2, 0.25) is 0 Å². The van der Waals surface area contributed by atoms with Gasteiger partial charge in [-0.25, -0.2) is 0 Å². The summed E-state index contributed by atoms with van der Waals surface area (Å²) in [7, 11) is 2.10. The maximum absolute atomic E-state index is 13.0. The maximum atomic E-state index is 13.0. The summed E-state index contributed by atoms with van der Waals surface area (Å²) >= 11 is 0. The molecule has 9 heteroatoms. The summed E-state index contributed by atoms with van der Waals surface area (Å²) in [6.45, 7) is 9.69. The van der Waals surface area contributed by atoms with E-state index in [2.05, 4.69) is 58.0 Å². The average Bonchev–Trinajstić information content (AvgIpc) is 3.17. The number of hydrogen-bond donors (Lipinski definition) is 1. The predicted molar refractivity (Wildman–Crippen MR) is 129 cm³/mol. The lowest BCUT2D eigenvalue weighted by molar-refractivity contribution is 0.0710. The van der Waals surface area contributed by atoms with Gasteiger partial charge in [0, 0.05) is 56.9 Å². The molecule has 0 spiro atoms. The summed E-state index contributed by atoms with van der Waals surface area (Å²) < 4.78 is 2.27. The van der Waals surface area contributed by atoms with Crippen LogP contribution in [0.1, 0.15) is 54.6 Å². The van der Waals surface area contributed by atoms with Crippen molar-refractivity contribution in [2.75, 3.05) is 38.1 Å². The first kappa shape index (κ1) is 25.4. The molecule has 1 amide bonds. The Bertz CT molecular complexity index is 846. The highest BCUT2D eigenvalue weighted by molar-refractivity contribution is 5.94. The van der Waals surface area contributed by atoms with Crippen LogP contribution in [0, 0.1) is 5.92 Å². The van der Waals surface area contributed by atoms with Gasteiger partial charge in [0.05, 0.1) is 6.54 Å². The molecule has 0 atom stereocenters. The number of nitrogens with zero attached hydrogens (tertiary/aromatic N) is 5. The number of rotatable bonds is 5. The van der Waals surface area contributed by atoms with E-state index in [0.29, 0.717) is 11.8 Å². The number of anilines is 1. The molecule has 0 bridgehead atoms. The van der Waals surface area contributed by atoms with Crippen LogP contribution in [0.25, 0.3) is 0 Å². The van der Waals surface area contributed by atoms with Crippen LogP contribution in [-0.4, -0.2) is 58.8 Å². The normalized spacial score (nSPS) is 16.3. The van der Waals surface area contributed by atoms with E-state index >= 15 is 0 Å². The van der Waals surface area contributed by atoms with Crippen molar-refractivity contribution in [3.8, 4) is 0 Å². The number of amides is 1. The molecule has 0 aliphatic carbocycles. The zero-order valence-corrected chi connectivity index (χ0v) is 20.2. The van der Waals surface area contributed by atoms with Crippen LogP contribution in [0.15, 0.2) is 24.3 Å². The Morgan fingerprint density at radius 2 is 1.81 bits per heavy atom. The van der Waals surface area contributed by atoms with E-state index in [4.69, 9.17) is 0 Å². The van der Waals surface area contributed by atoms with Gasteiger partial charge in [-0.15, -0.1) is 35.0 Å². The van der Waals surface area contributed by atoms with Crippen LogP contribution >= 0.6 is 24.8 Å². The number of benzene rings is 1. The number of halogens is 2. The molecular weight excluding hydrogens is 435 g/mol. The summed E-state index contributed by atoms with van der Waals surface area (Å²) in [5.41, 5.74) is 1.93. The minimum atomic E-state index is 0. The summed E-state index contributed by atoms with van der Waals surface area (Å²) in [4.78, 5) is 17.2. The van der Waals surface area contributed by atoms with Crippen molar-refractivity contribution in [1.29, 1.82) is 0 Å². The average molecular weight is 469 g/mol. The quantitative estimate of drug-likeness (QED) is 0.728. The summed E-state index contributed by atoms with van der Waals surface area (Å²) in [6, 6.07) is 8.03. The van der Waals surface area contributed by atoms with Gasteiger partial charge in [0.25, 0.3) is 5.91 Å². The lowest BCUT2D eigenvalue weighted by Gasteiger charge is -2.32. The fourth-order valence-corrected chi connectivity index (χ4v) is 4.45. The van der Waals surface area contributed by atoms with E-state index in [-0.39, 0.29) is 30.7 Å². The monoisotopic (exact) mass is 468 g/mol. The van der Waals surface area contributed by atoms with Crippen LogP contribution in [-0.2, 0) is 13.1 Å². The van der Waals surface area contributed by atoms with Crippen molar-refractivity contribution >= 4 is 36.4 Å². The Balaban J connectivity index is 0.00000171. The molecular formula is C22H34Cl2N6O. The van der Waals surface area contributed by atoms with E-state index in [1.165, 1.54) is 0 Å². The van der Waals surface area contributed by atoms with Gasteiger partial charge in [0.1, 0.15) is 11.6 Å². The van der Waals surface area contributed by atoms with Crippen molar-refractivity contribution in [1.82, 2.24) is 25.0 Å². The van der Waals surface area contributed by atoms with Gasteiger partial charge in [0.15, 0.2) is 0 Å². The fourth-order valence-electron chi connectivity index (χ4n) is 4.45. The second-order valence-corrected chi connectivity index (χ2v) is 8.69. The van der Waals surface area contributed by atoms with Gasteiger partial charge in [-0.1, -0.05) is 13.8 Å². The molecule has 3 heterocycles. The number of hydrogen-bond acceptors (Lipinski definition) is 5. The van der Waals surface area contributed by atoms with Gasteiger partial charge in [-0.2, -0.15) is 0 Å². The van der Waals surface area contributed by atoms with Gasteiger partial charge in [-0.05, 0) is 43.0 Å². The molecule has 0 saturated carbocycles. The number of nitrogens with one attached hydrogen (secondary N) is 1. The molecule has 7 nitrogen and oxygen atoms in total. The zero-order valence-electron chi connectivity index (χ0n) is 18.6. The molecule has 0 unspecified atom stereocenters. The van der Waals surface area contributed by atoms with Crippen molar-refractivity contribution in [2.24, 2.45) is 5.92 Å². The number of piperidine rings is 1. The van der Waals surface area contributed by atoms with Crippen LogP contribution in [0.5, 0.6) is 0 Å². The number of carbonyl (C=O) groups is 1. The number of aromatic nitrogens is 3. The topological polar surface area (TPSA) is 66.3 Å². The molecule has 1 aromatic heterocycles. The Hall–Kier alpha value is -1.83. The smallest absolute Gasteiger partial charge is 0.253 e. The third kappa shape index (κ3) is 5.70. The predicted octanol–water partition coefficient (Wildman–Crippen LogP) is 3.34. The van der Waals surface area contributed by atoms with Crippen molar-refractivity contribution in [2.45, 2.75) is 45.7 Å². The molecule has 172 valence electrons.